The Morgan fingerprint density at radius 2 is 2.11 bits per heavy atom. The van der Waals surface area contributed by atoms with E-state index in [1.54, 1.807) is 0 Å². The van der Waals surface area contributed by atoms with Crippen LogP contribution in [0.5, 0.6) is 0 Å². The first kappa shape index (κ1) is 14.8. The molecule has 0 unspecified atom stereocenters. The SMILES string of the molecule is CCO[C@@H]1C[C@@H](NC(=O)[C@H]2CCOC2)C1(CC)CC. The molecule has 1 heterocycles. The summed E-state index contributed by atoms with van der Waals surface area (Å²) in [6.07, 6.45) is 4.23. The maximum absolute atomic E-state index is 12.2. The summed E-state index contributed by atoms with van der Waals surface area (Å²) in [5, 5.41) is 3.24. The van der Waals surface area contributed by atoms with E-state index in [0.717, 1.165) is 38.9 Å². The summed E-state index contributed by atoms with van der Waals surface area (Å²) in [5.41, 5.74) is 0.130. The Bertz CT molecular complexity index is 309. The normalized spacial score (nSPS) is 32.9. The molecule has 1 amide bonds. The van der Waals surface area contributed by atoms with Gasteiger partial charge in [0.25, 0.3) is 0 Å². The topological polar surface area (TPSA) is 47.6 Å². The minimum absolute atomic E-state index is 0.0533. The van der Waals surface area contributed by atoms with Crippen LogP contribution in [0.15, 0.2) is 0 Å². The van der Waals surface area contributed by atoms with Crippen LogP contribution in [0.25, 0.3) is 0 Å². The number of amides is 1. The second kappa shape index (κ2) is 6.23. The van der Waals surface area contributed by atoms with Gasteiger partial charge < -0.3 is 14.8 Å². The highest BCUT2D eigenvalue weighted by Gasteiger charge is 2.54. The molecule has 4 heteroatoms. The summed E-state index contributed by atoms with van der Waals surface area (Å²) < 4.78 is 11.1. The molecule has 4 nitrogen and oxygen atoms in total. The first-order valence-corrected chi connectivity index (χ1v) is 7.67. The van der Waals surface area contributed by atoms with Crippen molar-refractivity contribution in [2.24, 2.45) is 11.3 Å². The summed E-state index contributed by atoms with van der Waals surface area (Å²) >= 11 is 0. The first-order valence-electron chi connectivity index (χ1n) is 7.67. The van der Waals surface area contributed by atoms with Gasteiger partial charge >= 0.3 is 0 Å². The van der Waals surface area contributed by atoms with E-state index in [9.17, 15) is 4.79 Å². The summed E-state index contributed by atoms with van der Waals surface area (Å²) in [6.45, 7) is 8.50. The molecule has 2 aliphatic rings. The third-order valence-corrected chi connectivity index (χ3v) is 5.09. The Morgan fingerprint density at radius 1 is 1.37 bits per heavy atom. The lowest BCUT2D eigenvalue weighted by atomic mass is 9.58. The van der Waals surface area contributed by atoms with Crippen LogP contribution < -0.4 is 5.32 Å². The van der Waals surface area contributed by atoms with Gasteiger partial charge in [0.2, 0.25) is 5.91 Å². The van der Waals surface area contributed by atoms with Crippen LogP contribution in [0.2, 0.25) is 0 Å². The van der Waals surface area contributed by atoms with E-state index in [1.165, 1.54) is 0 Å². The molecule has 0 aromatic rings. The van der Waals surface area contributed by atoms with Crippen molar-refractivity contribution in [2.75, 3.05) is 19.8 Å². The van der Waals surface area contributed by atoms with Gasteiger partial charge in [0.15, 0.2) is 0 Å². The molecule has 0 radical (unpaired) electrons. The Hall–Kier alpha value is -0.610. The molecule has 1 aliphatic heterocycles. The highest BCUT2D eigenvalue weighted by molar-refractivity contribution is 5.79. The van der Waals surface area contributed by atoms with Gasteiger partial charge in [-0.2, -0.15) is 0 Å². The van der Waals surface area contributed by atoms with Crippen molar-refractivity contribution in [3.05, 3.63) is 0 Å². The number of hydrogen-bond donors (Lipinski definition) is 1. The molecule has 3 atom stereocenters. The maximum Gasteiger partial charge on any atom is 0.225 e. The Balaban J connectivity index is 1.94. The minimum Gasteiger partial charge on any atom is -0.381 e. The zero-order chi connectivity index (χ0) is 13.9. The molecule has 0 aromatic heterocycles. The molecule has 110 valence electrons. The van der Waals surface area contributed by atoms with Crippen LogP contribution in [-0.2, 0) is 14.3 Å². The predicted molar refractivity (Wildman–Crippen MR) is 73.9 cm³/mol. The van der Waals surface area contributed by atoms with Crippen molar-refractivity contribution in [2.45, 2.75) is 58.6 Å². The van der Waals surface area contributed by atoms with Crippen LogP contribution in [0.4, 0.5) is 0 Å². The molecule has 0 aromatic carbocycles. The number of ether oxygens (including phenoxy) is 2. The van der Waals surface area contributed by atoms with Crippen LogP contribution >= 0.6 is 0 Å². The quantitative estimate of drug-likeness (QED) is 0.803. The van der Waals surface area contributed by atoms with E-state index in [2.05, 4.69) is 19.2 Å². The maximum atomic E-state index is 12.2. The van der Waals surface area contributed by atoms with Crippen LogP contribution in [0.3, 0.4) is 0 Å². The van der Waals surface area contributed by atoms with E-state index in [1.807, 2.05) is 6.92 Å². The molecule has 2 rings (SSSR count). The molecule has 2 fully saturated rings. The van der Waals surface area contributed by atoms with Crippen molar-refractivity contribution in [1.29, 1.82) is 0 Å². The molecular weight excluding hydrogens is 242 g/mol. The lowest BCUT2D eigenvalue weighted by molar-refractivity contribution is -0.150. The zero-order valence-corrected chi connectivity index (χ0v) is 12.4. The standard InChI is InChI=1S/C15H27NO3/c1-4-15(5-2)12(9-13(15)19-6-3)16-14(17)11-7-8-18-10-11/h11-13H,4-10H2,1-3H3,(H,16,17)/t11-,12+,13+/m0/s1. The van der Waals surface area contributed by atoms with Gasteiger partial charge in [-0.3, -0.25) is 4.79 Å². The molecule has 19 heavy (non-hydrogen) atoms. The van der Waals surface area contributed by atoms with Gasteiger partial charge in [-0.05, 0) is 32.6 Å². The minimum atomic E-state index is 0.0533. The van der Waals surface area contributed by atoms with Crippen molar-refractivity contribution in [1.82, 2.24) is 5.32 Å². The van der Waals surface area contributed by atoms with Gasteiger partial charge in [0, 0.05) is 24.7 Å². The smallest absolute Gasteiger partial charge is 0.225 e. The highest BCUT2D eigenvalue weighted by atomic mass is 16.5. The average Bonchev–Trinajstić information content (AvgIpc) is 2.93. The number of nitrogens with one attached hydrogen (secondary N) is 1. The molecular formula is C15H27NO3. The average molecular weight is 269 g/mol. The second-order valence-electron chi connectivity index (χ2n) is 5.74. The van der Waals surface area contributed by atoms with Crippen molar-refractivity contribution in [3.63, 3.8) is 0 Å². The zero-order valence-electron chi connectivity index (χ0n) is 12.4. The van der Waals surface area contributed by atoms with E-state index >= 15 is 0 Å². The molecule has 1 N–H and O–H groups in total. The van der Waals surface area contributed by atoms with Crippen LogP contribution in [0.1, 0.15) is 46.5 Å². The Kier molecular flexibility index (Phi) is 4.85. The van der Waals surface area contributed by atoms with Crippen molar-refractivity contribution in [3.8, 4) is 0 Å². The van der Waals surface area contributed by atoms with E-state index < -0.39 is 0 Å². The number of rotatable bonds is 6. The fraction of sp³-hybridized carbons (Fsp3) is 0.933. The molecule has 1 aliphatic carbocycles. The summed E-state index contributed by atoms with van der Waals surface area (Å²) in [4.78, 5) is 12.2. The lowest BCUT2D eigenvalue weighted by Gasteiger charge is -2.55. The molecule has 0 bridgehead atoms. The predicted octanol–water partition coefficient (Wildman–Crippen LogP) is 2.12. The third kappa shape index (κ3) is 2.65. The second-order valence-corrected chi connectivity index (χ2v) is 5.74. The monoisotopic (exact) mass is 269 g/mol. The Morgan fingerprint density at radius 3 is 2.63 bits per heavy atom. The Labute approximate surface area is 116 Å². The van der Waals surface area contributed by atoms with Gasteiger partial charge in [-0.15, -0.1) is 0 Å². The van der Waals surface area contributed by atoms with Gasteiger partial charge in [0.1, 0.15) is 0 Å². The van der Waals surface area contributed by atoms with Gasteiger partial charge in [0.05, 0.1) is 18.6 Å². The first-order chi connectivity index (χ1) is 9.17. The van der Waals surface area contributed by atoms with Crippen LogP contribution in [-0.4, -0.2) is 37.9 Å². The molecule has 1 saturated carbocycles. The lowest BCUT2D eigenvalue weighted by Crippen LogP contribution is -2.65. The van der Waals surface area contributed by atoms with E-state index in [-0.39, 0.29) is 23.3 Å². The van der Waals surface area contributed by atoms with Crippen molar-refractivity contribution >= 4 is 5.91 Å². The fourth-order valence-electron chi connectivity index (χ4n) is 3.61. The summed E-state index contributed by atoms with van der Waals surface area (Å²) in [6, 6.07) is 0.271. The van der Waals surface area contributed by atoms with Crippen molar-refractivity contribution < 1.29 is 14.3 Å². The number of carbonyl (C=O) groups excluding carboxylic acids is 1. The summed E-state index contributed by atoms with van der Waals surface area (Å²) in [5.74, 6) is 0.223. The van der Waals surface area contributed by atoms with Gasteiger partial charge in [-0.25, -0.2) is 0 Å². The van der Waals surface area contributed by atoms with E-state index in [0.29, 0.717) is 12.7 Å². The fourth-order valence-corrected chi connectivity index (χ4v) is 3.61. The van der Waals surface area contributed by atoms with Gasteiger partial charge in [-0.1, -0.05) is 13.8 Å². The largest absolute Gasteiger partial charge is 0.381 e. The summed E-state index contributed by atoms with van der Waals surface area (Å²) in [7, 11) is 0. The number of carbonyl (C=O) groups is 1. The molecule has 0 spiro atoms. The highest BCUT2D eigenvalue weighted by Crippen LogP contribution is 2.49. The molecule has 1 saturated heterocycles. The van der Waals surface area contributed by atoms with E-state index in [4.69, 9.17) is 9.47 Å². The third-order valence-electron chi connectivity index (χ3n) is 5.09. The number of hydrogen-bond acceptors (Lipinski definition) is 3. The van der Waals surface area contributed by atoms with Crippen LogP contribution in [0, 0.1) is 11.3 Å².